The normalized spacial score (nSPS) is 12.0. The molecule has 0 aliphatic carbocycles. The van der Waals surface area contributed by atoms with Gasteiger partial charge in [-0.2, -0.15) is 0 Å². The summed E-state index contributed by atoms with van der Waals surface area (Å²) < 4.78 is 51.5. The van der Waals surface area contributed by atoms with Gasteiger partial charge in [-0.15, -0.1) is 4.49 Å². The summed E-state index contributed by atoms with van der Waals surface area (Å²) >= 11 is 0. The highest BCUT2D eigenvalue weighted by atomic mass is 32.2. The molecule has 0 aliphatic rings. The average Bonchev–Trinajstić information content (AvgIpc) is 2.73. The highest BCUT2D eigenvalue weighted by molar-refractivity contribution is 7.94. The Kier molecular flexibility index (Phi) is 6.78. The molecule has 146 valence electrons. The molecule has 0 spiro atoms. The van der Waals surface area contributed by atoms with Crippen molar-refractivity contribution in [3.05, 3.63) is 102 Å². The Labute approximate surface area is 164 Å². The first kappa shape index (κ1) is 20.5. The molecule has 6 nitrogen and oxygen atoms in total. The molecule has 0 atom stereocenters. The molecule has 0 radical (unpaired) electrons. The van der Waals surface area contributed by atoms with Crippen LogP contribution in [0.3, 0.4) is 0 Å². The minimum absolute atomic E-state index is 0.0261. The fourth-order valence-corrected chi connectivity index (χ4v) is 5.61. The Morgan fingerprint density at radius 2 is 1.07 bits per heavy atom. The molecule has 0 fully saturated rings. The van der Waals surface area contributed by atoms with Crippen molar-refractivity contribution in [3.63, 3.8) is 0 Å². The lowest BCUT2D eigenvalue weighted by Crippen LogP contribution is -2.23. The van der Waals surface area contributed by atoms with Gasteiger partial charge in [0.25, 0.3) is 0 Å². The molecule has 1 N–H and O–H groups in total. The van der Waals surface area contributed by atoms with E-state index in [1.54, 1.807) is 42.5 Å². The molecule has 8 heteroatoms. The molecule has 3 aromatic rings. The zero-order valence-electron chi connectivity index (χ0n) is 15.0. The SMILES string of the molecule is O=P(NS(=O)(=O)c1ccccc1)(OCc1ccccc1)OCc1ccccc1. The van der Waals surface area contributed by atoms with Gasteiger partial charge >= 0.3 is 7.75 Å². The standard InChI is InChI=1S/C20H20NO5PS/c22-27(25-16-18-10-4-1-5-11-18,26-17-19-12-6-2-7-13-19)21-28(23,24)20-14-8-3-9-15-20/h1-15H,16-17H2,(H,21,22). The van der Waals surface area contributed by atoms with E-state index >= 15 is 0 Å². The van der Waals surface area contributed by atoms with Gasteiger partial charge in [0, 0.05) is 0 Å². The molecule has 0 saturated heterocycles. The second-order valence-corrected chi connectivity index (χ2v) is 9.64. The number of benzene rings is 3. The third-order valence-electron chi connectivity index (χ3n) is 3.77. The minimum atomic E-state index is -4.18. The highest BCUT2D eigenvalue weighted by Gasteiger charge is 2.32. The molecule has 0 aliphatic heterocycles. The Bertz CT molecular complexity index is 980. The third kappa shape index (κ3) is 5.86. The van der Waals surface area contributed by atoms with Crippen molar-refractivity contribution in [2.75, 3.05) is 0 Å². The van der Waals surface area contributed by atoms with Crippen LogP contribution in [-0.2, 0) is 36.8 Å². The van der Waals surface area contributed by atoms with E-state index in [2.05, 4.69) is 4.49 Å². The van der Waals surface area contributed by atoms with Crippen molar-refractivity contribution in [2.24, 2.45) is 0 Å². The number of hydrogen-bond donors (Lipinski definition) is 1. The third-order valence-corrected chi connectivity index (χ3v) is 7.46. The van der Waals surface area contributed by atoms with Gasteiger partial charge in [0.05, 0.1) is 18.1 Å². The van der Waals surface area contributed by atoms with Gasteiger partial charge in [-0.05, 0) is 23.3 Å². The molecule has 0 bridgehead atoms. The summed E-state index contributed by atoms with van der Waals surface area (Å²) in [5, 5.41) is 0. The van der Waals surface area contributed by atoms with Gasteiger partial charge in [-0.3, -0.25) is 9.05 Å². The first-order chi connectivity index (χ1) is 13.5. The van der Waals surface area contributed by atoms with Gasteiger partial charge in [0.15, 0.2) is 0 Å². The number of hydrogen-bond acceptors (Lipinski definition) is 5. The summed E-state index contributed by atoms with van der Waals surface area (Å²) in [4.78, 5) is -0.0261. The maximum Gasteiger partial charge on any atom is 0.419 e. The Hall–Kier alpha value is -2.28. The highest BCUT2D eigenvalue weighted by Crippen LogP contribution is 2.47. The molecule has 28 heavy (non-hydrogen) atoms. The first-order valence-corrected chi connectivity index (χ1v) is 11.6. The smallest absolute Gasteiger partial charge is 0.291 e. The predicted molar refractivity (Wildman–Crippen MR) is 107 cm³/mol. The van der Waals surface area contributed by atoms with Gasteiger partial charge in [-0.1, -0.05) is 78.9 Å². The van der Waals surface area contributed by atoms with Crippen LogP contribution < -0.4 is 4.49 Å². The number of sulfonamides is 1. The molecule has 3 aromatic carbocycles. The van der Waals surface area contributed by atoms with E-state index < -0.39 is 17.8 Å². The van der Waals surface area contributed by atoms with Crippen molar-refractivity contribution in [1.82, 2.24) is 4.49 Å². The van der Waals surface area contributed by atoms with Gasteiger partial charge in [0.2, 0.25) is 10.0 Å². The van der Waals surface area contributed by atoms with E-state index in [0.717, 1.165) is 11.1 Å². The van der Waals surface area contributed by atoms with Crippen LogP contribution in [-0.4, -0.2) is 8.42 Å². The van der Waals surface area contributed by atoms with Crippen LogP contribution in [0.1, 0.15) is 11.1 Å². The molecule has 0 amide bonds. The molecule has 0 heterocycles. The van der Waals surface area contributed by atoms with E-state index in [1.165, 1.54) is 12.1 Å². The van der Waals surface area contributed by atoms with E-state index in [9.17, 15) is 13.0 Å². The van der Waals surface area contributed by atoms with Crippen LogP contribution >= 0.6 is 7.75 Å². The van der Waals surface area contributed by atoms with Crippen LogP contribution in [0.4, 0.5) is 0 Å². The number of rotatable bonds is 9. The summed E-state index contributed by atoms with van der Waals surface area (Å²) in [6, 6.07) is 25.7. The fraction of sp³-hybridized carbons (Fsp3) is 0.100. The zero-order chi connectivity index (χ0) is 19.9. The predicted octanol–water partition coefficient (Wildman–Crippen LogP) is 4.51. The van der Waals surface area contributed by atoms with Crippen LogP contribution in [0.15, 0.2) is 95.9 Å². The summed E-state index contributed by atoms with van der Waals surface area (Å²) in [6.07, 6.45) is 0. The topological polar surface area (TPSA) is 81.7 Å². The van der Waals surface area contributed by atoms with Gasteiger partial charge < -0.3 is 0 Å². The number of nitrogens with one attached hydrogen (secondary N) is 1. The van der Waals surface area contributed by atoms with E-state index in [-0.39, 0.29) is 18.1 Å². The van der Waals surface area contributed by atoms with Crippen LogP contribution in [0, 0.1) is 0 Å². The van der Waals surface area contributed by atoms with Gasteiger partial charge in [-0.25, -0.2) is 13.0 Å². The summed E-state index contributed by atoms with van der Waals surface area (Å²) in [7, 11) is -8.27. The fourth-order valence-electron chi connectivity index (χ4n) is 2.36. The second-order valence-electron chi connectivity index (χ2n) is 5.92. The van der Waals surface area contributed by atoms with Crippen LogP contribution in [0.2, 0.25) is 0 Å². The maximum atomic E-state index is 13.2. The average molecular weight is 417 g/mol. The zero-order valence-corrected chi connectivity index (χ0v) is 16.7. The molecule has 0 saturated carbocycles. The van der Waals surface area contributed by atoms with Crippen LogP contribution in [0.25, 0.3) is 0 Å². The summed E-state index contributed by atoms with van der Waals surface area (Å²) in [5.74, 6) is 0. The summed E-state index contributed by atoms with van der Waals surface area (Å²) in [5.41, 5.74) is 1.48. The van der Waals surface area contributed by atoms with E-state index in [1.807, 2.05) is 36.4 Å². The molecule has 0 unspecified atom stereocenters. The lowest BCUT2D eigenvalue weighted by molar-refractivity contribution is 0.188. The van der Waals surface area contributed by atoms with E-state index in [0.29, 0.717) is 0 Å². The largest absolute Gasteiger partial charge is 0.419 e. The Morgan fingerprint density at radius 1 is 0.679 bits per heavy atom. The van der Waals surface area contributed by atoms with Crippen molar-refractivity contribution in [3.8, 4) is 0 Å². The lowest BCUT2D eigenvalue weighted by Gasteiger charge is -2.19. The quantitative estimate of drug-likeness (QED) is 0.518. The van der Waals surface area contributed by atoms with Crippen LogP contribution in [0.5, 0.6) is 0 Å². The van der Waals surface area contributed by atoms with Crippen molar-refractivity contribution >= 4 is 17.8 Å². The second kappa shape index (κ2) is 9.28. The minimum Gasteiger partial charge on any atom is -0.291 e. The molecular formula is C20H20NO5PS. The van der Waals surface area contributed by atoms with Crippen molar-refractivity contribution in [1.29, 1.82) is 0 Å². The van der Waals surface area contributed by atoms with Crippen molar-refractivity contribution < 1.29 is 22.0 Å². The maximum absolute atomic E-state index is 13.2. The monoisotopic (exact) mass is 417 g/mol. The van der Waals surface area contributed by atoms with Crippen molar-refractivity contribution in [2.45, 2.75) is 18.1 Å². The summed E-state index contributed by atoms with van der Waals surface area (Å²) in [6.45, 7) is -0.131. The Morgan fingerprint density at radius 3 is 1.50 bits per heavy atom. The molecule has 3 rings (SSSR count). The van der Waals surface area contributed by atoms with Gasteiger partial charge in [0.1, 0.15) is 0 Å². The van der Waals surface area contributed by atoms with E-state index in [4.69, 9.17) is 9.05 Å². The lowest BCUT2D eigenvalue weighted by atomic mass is 10.2. The molecular weight excluding hydrogens is 397 g/mol. The first-order valence-electron chi connectivity index (χ1n) is 8.53. The Balaban J connectivity index is 1.79. The molecule has 0 aromatic heterocycles.